The molecule has 0 saturated heterocycles. The van der Waals surface area contributed by atoms with Crippen LogP contribution in [0.2, 0.25) is 0 Å². The molecule has 3 rings (SSSR count). The molecule has 1 aromatic heterocycles. The van der Waals surface area contributed by atoms with E-state index in [9.17, 15) is 0 Å². The summed E-state index contributed by atoms with van der Waals surface area (Å²) >= 11 is 0. The maximum Gasteiger partial charge on any atom is 1.00 e. The molecular weight excluding hydrogens is 277 g/mol. The van der Waals surface area contributed by atoms with Gasteiger partial charge in [0.2, 0.25) is 0 Å². The molecule has 20 heavy (non-hydrogen) atoms. The van der Waals surface area contributed by atoms with Crippen LogP contribution in [0, 0.1) is 6.92 Å². The molecule has 0 bridgehead atoms. The van der Waals surface area contributed by atoms with Gasteiger partial charge in [0.1, 0.15) is 5.69 Å². The molecule has 0 amide bonds. The van der Waals surface area contributed by atoms with Crippen molar-refractivity contribution in [2.75, 3.05) is 12.1 Å². The van der Waals surface area contributed by atoms with Crippen LogP contribution in [0.15, 0.2) is 31.5 Å². The Morgan fingerprint density at radius 3 is 2.75 bits per heavy atom. The number of benzene rings is 1. The van der Waals surface area contributed by atoms with E-state index in [2.05, 4.69) is 33.9 Å². The van der Waals surface area contributed by atoms with Crippen LogP contribution in [0.3, 0.4) is 0 Å². The van der Waals surface area contributed by atoms with Crippen molar-refractivity contribution in [3.63, 3.8) is 0 Å². The van der Waals surface area contributed by atoms with Gasteiger partial charge >= 0.3 is 51.4 Å². The van der Waals surface area contributed by atoms with Crippen molar-refractivity contribution < 1.29 is 51.4 Å². The predicted octanol–water partition coefficient (Wildman–Crippen LogP) is 0.0160. The first kappa shape index (κ1) is 15.5. The van der Waals surface area contributed by atoms with Gasteiger partial charge in [-0.25, -0.2) is 15.0 Å². The number of hydrogen-bond donors (Lipinski definition) is 1. The van der Waals surface area contributed by atoms with Crippen LogP contribution in [-0.2, 0) is 0 Å². The fraction of sp³-hybridized carbons (Fsp3) is 0.143. The summed E-state index contributed by atoms with van der Waals surface area (Å²) in [4.78, 5) is 9.29. The van der Waals surface area contributed by atoms with Gasteiger partial charge in [-0.2, -0.15) is 0 Å². The third kappa shape index (κ3) is 2.27. The average Bonchev–Trinajstić information content (AvgIpc) is 2.74. The van der Waals surface area contributed by atoms with Gasteiger partial charge in [0.25, 0.3) is 0 Å². The van der Waals surface area contributed by atoms with Crippen LogP contribution in [0.1, 0.15) is 11.3 Å². The quantitative estimate of drug-likeness (QED) is 0.792. The molecule has 0 fully saturated rings. The Kier molecular flexibility index (Phi) is 4.51. The maximum absolute atomic E-state index is 4.68. The van der Waals surface area contributed by atoms with Crippen LogP contribution in [0.5, 0.6) is 0 Å². The number of nitrogens with one attached hydrogen (secondary N) is 1. The molecule has 2 heterocycles. The number of hydrazine groups is 1. The van der Waals surface area contributed by atoms with E-state index in [1.165, 1.54) is 0 Å². The van der Waals surface area contributed by atoms with Gasteiger partial charge in [0.05, 0.1) is 16.7 Å². The molecule has 1 aliphatic rings. The van der Waals surface area contributed by atoms with E-state index >= 15 is 0 Å². The maximum atomic E-state index is 4.68. The molecule has 2 aromatic rings. The van der Waals surface area contributed by atoms with E-state index in [1.807, 2.05) is 19.1 Å². The Morgan fingerprint density at radius 1 is 1.35 bits per heavy atom. The Bertz CT molecular complexity index is 710. The van der Waals surface area contributed by atoms with Gasteiger partial charge in [0.15, 0.2) is 5.82 Å². The van der Waals surface area contributed by atoms with E-state index in [0.717, 1.165) is 39.5 Å². The fourth-order valence-corrected chi connectivity index (χ4v) is 2.23. The van der Waals surface area contributed by atoms with E-state index in [-0.39, 0.29) is 51.4 Å². The van der Waals surface area contributed by atoms with Gasteiger partial charge in [-0.05, 0) is 18.6 Å². The Morgan fingerprint density at radius 2 is 2.10 bits per heavy atom. The van der Waals surface area contributed by atoms with Crippen molar-refractivity contribution in [2.24, 2.45) is 0 Å². The van der Waals surface area contributed by atoms with Gasteiger partial charge in [-0.15, -0.1) is 12.7 Å². The first-order valence-corrected chi connectivity index (χ1v) is 5.94. The average molecular weight is 291 g/mol. The summed E-state index contributed by atoms with van der Waals surface area (Å²) in [5.41, 5.74) is 8.20. The minimum absolute atomic E-state index is 0. The molecule has 6 heteroatoms. The van der Waals surface area contributed by atoms with Gasteiger partial charge in [-0.1, -0.05) is 19.2 Å². The topological polar surface area (TPSA) is 55.2 Å². The SMILES string of the molecule is C=CN1NC(=C)c2nc3ccc([N-]C)c(C)c3nc21.[K+]. The Hall–Kier alpha value is -0.924. The number of nitrogens with zero attached hydrogens (tertiary/aromatic N) is 4. The predicted molar refractivity (Wildman–Crippen MR) is 78.1 cm³/mol. The van der Waals surface area contributed by atoms with Gasteiger partial charge in [-0.3, -0.25) is 5.43 Å². The van der Waals surface area contributed by atoms with Gasteiger partial charge < -0.3 is 5.32 Å². The molecule has 0 saturated carbocycles. The molecule has 0 unspecified atom stereocenters. The number of anilines is 1. The first-order valence-electron chi connectivity index (χ1n) is 5.94. The molecule has 5 nitrogen and oxygen atoms in total. The smallest absolute Gasteiger partial charge is 0.687 e. The molecule has 1 N–H and O–H groups in total. The van der Waals surface area contributed by atoms with Crippen molar-refractivity contribution in [3.8, 4) is 0 Å². The second-order valence-electron chi connectivity index (χ2n) is 4.34. The molecule has 1 aromatic carbocycles. The minimum Gasteiger partial charge on any atom is -0.687 e. The summed E-state index contributed by atoms with van der Waals surface area (Å²) in [5, 5.41) is 5.95. The number of hydrogen-bond acceptors (Lipinski definition) is 4. The second kappa shape index (κ2) is 5.83. The summed E-state index contributed by atoms with van der Waals surface area (Å²) in [6.45, 7) is 9.68. The van der Waals surface area contributed by atoms with E-state index < -0.39 is 0 Å². The number of fused-ring (bicyclic) bond motifs is 2. The first-order chi connectivity index (χ1) is 9.15. The van der Waals surface area contributed by atoms with Crippen LogP contribution in [-0.4, -0.2) is 17.0 Å². The van der Waals surface area contributed by atoms with Crippen molar-refractivity contribution in [2.45, 2.75) is 6.92 Å². The minimum atomic E-state index is 0. The number of aryl methyl sites for hydroxylation is 1. The standard InChI is InChI=1S/C14H14N5.K/c1-5-19-14-13(9(3)18-19)16-11-7-6-10(15-4)8(2)12(11)17-14;/h5-7,18H,1,3H2,2,4H3;/q-1;+1. The van der Waals surface area contributed by atoms with E-state index in [1.54, 1.807) is 18.3 Å². The van der Waals surface area contributed by atoms with E-state index in [0.29, 0.717) is 0 Å². The van der Waals surface area contributed by atoms with Crippen molar-refractivity contribution in [3.05, 3.63) is 48.1 Å². The largest absolute Gasteiger partial charge is 1.00 e. The summed E-state index contributed by atoms with van der Waals surface area (Å²) in [7, 11) is 1.77. The third-order valence-electron chi connectivity index (χ3n) is 3.24. The molecule has 96 valence electrons. The second-order valence-corrected chi connectivity index (χ2v) is 4.34. The van der Waals surface area contributed by atoms with Crippen molar-refractivity contribution in [1.29, 1.82) is 0 Å². The van der Waals surface area contributed by atoms with Crippen molar-refractivity contribution >= 4 is 28.2 Å². The summed E-state index contributed by atoms with van der Waals surface area (Å²) < 4.78 is 0. The third-order valence-corrected chi connectivity index (χ3v) is 3.24. The van der Waals surface area contributed by atoms with Crippen LogP contribution >= 0.6 is 0 Å². The van der Waals surface area contributed by atoms with Crippen LogP contribution in [0.4, 0.5) is 11.5 Å². The number of aromatic nitrogens is 2. The monoisotopic (exact) mass is 291 g/mol. The zero-order valence-corrected chi connectivity index (χ0v) is 15.1. The summed E-state index contributed by atoms with van der Waals surface area (Å²) in [6.07, 6.45) is 1.65. The molecular formula is C14H14KN5. The normalized spacial score (nSPS) is 12.7. The molecule has 0 aliphatic carbocycles. The Labute approximate surface area is 160 Å². The summed E-state index contributed by atoms with van der Waals surface area (Å²) in [6, 6.07) is 3.89. The Balaban J connectivity index is 0.00000147. The van der Waals surface area contributed by atoms with Gasteiger partial charge in [0, 0.05) is 6.20 Å². The number of rotatable bonds is 2. The molecule has 0 radical (unpaired) electrons. The zero-order valence-electron chi connectivity index (χ0n) is 11.9. The van der Waals surface area contributed by atoms with E-state index in [4.69, 9.17) is 0 Å². The molecule has 0 spiro atoms. The molecule has 1 aliphatic heterocycles. The van der Waals surface area contributed by atoms with Crippen LogP contribution in [0.25, 0.3) is 22.0 Å². The zero-order chi connectivity index (χ0) is 13.6. The van der Waals surface area contributed by atoms with Crippen molar-refractivity contribution in [1.82, 2.24) is 15.4 Å². The summed E-state index contributed by atoms with van der Waals surface area (Å²) in [5.74, 6) is 0.726. The van der Waals surface area contributed by atoms with Crippen LogP contribution < -0.4 is 61.8 Å². The fourth-order valence-electron chi connectivity index (χ4n) is 2.23. The molecule has 0 atom stereocenters.